The number of nitrogens with zero attached hydrogens (tertiary/aromatic N) is 3. The average Bonchev–Trinajstić information content (AvgIpc) is 2.67. The number of hydrogen-bond donors (Lipinski definition) is 3. The van der Waals surface area contributed by atoms with Crippen LogP contribution in [0.1, 0.15) is 37.2 Å². The molecule has 9 heteroatoms. The SMILES string of the molecule is Nc1nc(N2CCCCC2)nc2c1[C@H](C(=O)Nc1cccc(F)c1)CC(=O)N2. The Morgan fingerprint density at radius 2 is 2.04 bits per heavy atom. The Balaban J connectivity index is 1.64. The van der Waals surface area contributed by atoms with E-state index in [2.05, 4.69) is 20.6 Å². The number of nitrogens with one attached hydrogen (secondary N) is 2. The molecule has 1 aromatic heterocycles. The van der Waals surface area contributed by atoms with E-state index in [0.717, 1.165) is 32.4 Å². The van der Waals surface area contributed by atoms with Crippen LogP contribution in [-0.4, -0.2) is 34.9 Å². The molecule has 8 nitrogen and oxygen atoms in total. The fraction of sp³-hybridized carbons (Fsp3) is 0.368. The molecule has 2 aliphatic rings. The molecule has 3 heterocycles. The first-order valence-electron chi connectivity index (χ1n) is 9.30. The van der Waals surface area contributed by atoms with Crippen LogP contribution in [-0.2, 0) is 9.59 Å². The second kappa shape index (κ2) is 7.41. The van der Waals surface area contributed by atoms with Crippen LogP contribution in [0.5, 0.6) is 0 Å². The third-order valence-electron chi connectivity index (χ3n) is 5.01. The number of anilines is 4. The highest BCUT2D eigenvalue weighted by Crippen LogP contribution is 2.36. The lowest BCUT2D eigenvalue weighted by Gasteiger charge is -2.30. The molecule has 0 bridgehead atoms. The van der Waals surface area contributed by atoms with E-state index in [-0.39, 0.29) is 24.0 Å². The zero-order valence-electron chi connectivity index (χ0n) is 15.2. The number of nitrogens with two attached hydrogens (primary N) is 1. The van der Waals surface area contributed by atoms with Gasteiger partial charge < -0.3 is 21.3 Å². The summed E-state index contributed by atoms with van der Waals surface area (Å²) < 4.78 is 13.4. The highest BCUT2D eigenvalue weighted by molar-refractivity contribution is 6.05. The number of carbonyl (C=O) groups excluding carboxylic acids is 2. The van der Waals surface area contributed by atoms with E-state index in [1.807, 2.05) is 4.90 Å². The van der Waals surface area contributed by atoms with Gasteiger partial charge in [0.2, 0.25) is 17.8 Å². The number of aromatic nitrogens is 2. The van der Waals surface area contributed by atoms with E-state index >= 15 is 0 Å². The van der Waals surface area contributed by atoms with Gasteiger partial charge in [0.25, 0.3) is 0 Å². The molecule has 2 amide bonds. The molecule has 1 atom stereocenters. The first-order chi connectivity index (χ1) is 13.5. The first-order valence-corrected chi connectivity index (χ1v) is 9.30. The van der Waals surface area contributed by atoms with Crippen LogP contribution in [0.25, 0.3) is 0 Å². The van der Waals surface area contributed by atoms with Gasteiger partial charge in [0.1, 0.15) is 17.5 Å². The number of amides is 2. The molecule has 0 spiro atoms. The molecule has 4 N–H and O–H groups in total. The summed E-state index contributed by atoms with van der Waals surface area (Å²) in [6.07, 6.45) is 3.18. The maximum absolute atomic E-state index is 13.4. The quantitative estimate of drug-likeness (QED) is 0.748. The van der Waals surface area contributed by atoms with Gasteiger partial charge in [-0.2, -0.15) is 9.97 Å². The van der Waals surface area contributed by atoms with Crippen molar-refractivity contribution in [2.45, 2.75) is 31.6 Å². The Bertz CT molecular complexity index is 929. The minimum absolute atomic E-state index is 0.0786. The molecule has 1 saturated heterocycles. The number of fused-ring (bicyclic) bond motifs is 1. The summed E-state index contributed by atoms with van der Waals surface area (Å²) >= 11 is 0. The van der Waals surface area contributed by atoms with Crippen molar-refractivity contribution >= 4 is 35.1 Å². The number of piperidine rings is 1. The first kappa shape index (κ1) is 18.1. The number of rotatable bonds is 3. The molecule has 0 aliphatic carbocycles. The van der Waals surface area contributed by atoms with E-state index in [4.69, 9.17) is 5.73 Å². The van der Waals surface area contributed by atoms with Crippen LogP contribution in [0.3, 0.4) is 0 Å². The summed E-state index contributed by atoms with van der Waals surface area (Å²) in [5.41, 5.74) is 6.88. The van der Waals surface area contributed by atoms with Crippen LogP contribution in [0.2, 0.25) is 0 Å². The van der Waals surface area contributed by atoms with Crippen LogP contribution >= 0.6 is 0 Å². The summed E-state index contributed by atoms with van der Waals surface area (Å²) in [6.45, 7) is 1.66. The monoisotopic (exact) mass is 384 g/mol. The number of carbonyl (C=O) groups is 2. The van der Waals surface area contributed by atoms with Crippen molar-refractivity contribution in [2.75, 3.05) is 34.4 Å². The summed E-state index contributed by atoms with van der Waals surface area (Å²) in [4.78, 5) is 35.9. The molecule has 0 radical (unpaired) electrons. The van der Waals surface area contributed by atoms with Crippen LogP contribution in [0, 0.1) is 5.82 Å². The maximum atomic E-state index is 13.4. The van der Waals surface area contributed by atoms with Crippen molar-refractivity contribution in [3.8, 4) is 0 Å². The van der Waals surface area contributed by atoms with E-state index in [0.29, 0.717) is 17.2 Å². The molecular weight excluding hydrogens is 363 g/mol. The van der Waals surface area contributed by atoms with Gasteiger partial charge in [-0.15, -0.1) is 0 Å². The third kappa shape index (κ3) is 3.60. The molecule has 2 aliphatic heterocycles. The normalized spacial score (nSPS) is 19.0. The fourth-order valence-corrected chi connectivity index (χ4v) is 3.64. The minimum atomic E-state index is -0.845. The summed E-state index contributed by atoms with van der Waals surface area (Å²) in [7, 11) is 0. The van der Waals surface area contributed by atoms with E-state index < -0.39 is 17.6 Å². The van der Waals surface area contributed by atoms with Crippen molar-refractivity contribution in [2.24, 2.45) is 0 Å². The molecule has 0 saturated carbocycles. The zero-order chi connectivity index (χ0) is 19.7. The predicted octanol–water partition coefficient (Wildman–Crippen LogP) is 2.25. The Morgan fingerprint density at radius 3 is 2.79 bits per heavy atom. The number of benzene rings is 1. The van der Waals surface area contributed by atoms with Crippen molar-refractivity contribution in [3.63, 3.8) is 0 Å². The van der Waals surface area contributed by atoms with Gasteiger partial charge in [-0.05, 0) is 37.5 Å². The third-order valence-corrected chi connectivity index (χ3v) is 5.01. The van der Waals surface area contributed by atoms with Gasteiger partial charge in [-0.1, -0.05) is 6.07 Å². The highest BCUT2D eigenvalue weighted by atomic mass is 19.1. The van der Waals surface area contributed by atoms with Crippen molar-refractivity contribution in [1.29, 1.82) is 0 Å². The lowest BCUT2D eigenvalue weighted by atomic mass is 9.92. The van der Waals surface area contributed by atoms with Gasteiger partial charge in [-0.3, -0.25) is 9.59 Å². The molecule has 4 rings (SSSR count). The van der Waals surface area contributed by atoms with Crippen LogP contribution in [0.15, 0.2) is 24.3 Å². The standard InChI is InChI=1S/C19H21FN6O2/c20-11-5-4-6-12(9-11)22-18(28)13-10-14(27)23-17-15(13)16(21)24-19(25-17)26-7-2-1-3-8-26/h4-6,9,13H,1-3,7-8,10H2,(H,22,28)(H3,21,23,24,25,27)/t13-/m1/s1. The Morgan fingerprint density at radius 1 is 1.25 bits per heavy atom. The minimum Gasteiger partial charge on any atom is -0.383 e. The molecule has 28 heavy (non-hydrogen) atoms. The van der Waals surface area contributed by atoms with Crippen LogP contribution in [0.4, 0.5) is 27.7 Å². The molecule has 146 valence electrons. The summed E-state index contributed by atoms with van der Waals surface area (Å²) in [5.74, 6) is -1.19. The maximum Gasteiger partial charge on any atom is 0.232 e. The Kier molecular flexibility index (Phi) is 4.81. The Hall–Kier alpha value is -3.23. The average molecular weight is 384 g/mol. The second-order valence-corrected chi connectivity index (χ2v) is 7.02. The van der Waals surface area contributed by atoms with Crippen molar-refractivity contribution in [3.05, 3.63) is 35.6 Å². The van der Waals surface area contributed by atoms with E-state index in [1.54, 1.807) is 6.07 Å². The predicted molar refractivity (Wildman–Crippen MR) is 104 cm³/mol. The smallest absolute Gasteiger partial charge is 0.232 e. The topological polar surface area (TPSA) is 113 Å². The van der Waals surface area contributed by atoms with Gasteiger partial charge >= 0.3 is 0 Å². The summed E-state index contributed by atoms with van der Waals surface area (Å²) in [5, 5.41) is 5.34. The number of halogens is 1. The van der Waals surface area contributed by atoms with Gasteiger partial charge in [0.05, 0.1) is 11.5 Å². The van der Waals surface area contributed by atoms with Crippen molar-refractivity contribution < 1.29 is 14.0 Å². The van der Waals surface area contributed by atoms with E-state index in [1.165, 1.54) is 18.2 Å². The molecule has 2 aromatic rings. The lowest BCUT2D eigenvalue weighted by molar-refractivity contribution is -0.123. The highest BCUT2D eigenvalue weighted by Gasteiger charge is 2.35. The molecular formula is C19H21FN6O2. The lowest BCUT2D eigenvalue weighted by Crippen LogP contribution is -2.35. The number of hydrogen-bond acceptors (Lipinski definition) is 6. The second-order valence-electron chi connectivity index (χ2n) is 7.02. The van der Waals surface area contributed by atoms with Crippen LogP contribution < -0.4 is 21.3 Å². The molecule has 1 fully saturated rings. The fourth-order valence-electron chi connectivity index (χ4n) is 3.64. The van der Waals surface area contributed by atoms with Crippen molar-refractivity contribution in [1.82, 2.24) is 9.97 Å². The van der Waals surface area contributed by atoms with Gasteiger partial charge in [0, 0.05) is 25.2 Å². The summed E-state index contributed by atoms with van der Waals surface area (Å²) in [6, 6.07) is 5.56. The van der Waals surface area contributed by atoms with Gasteiger partial charge in [-0.25, -0.2) is 4.39 Å². The van der Waals surface area contributed by atoms with Gasteiger partial charge in [0.15, 0.2) is 0 Å². The largest absolute Gasteiger partial charge is 0.383 e. The Labute approximate surface area is 161 Å². The van der Waals surface area contributed by atoms with E-state index in [9.17, 15) is 14.0 Å². The molecule has 1 aromatic carbocycles. The molecule has 0 unspecified atom stereocenters. The zero-order valence-corrected chi connectivity index (χ0v) is 15.2. The number of nitrogen functional groups attached to an aromatic ring is 1.